The van der Waals surface area contributed by atoms with Gasteiger partial charge in [0.2, 0.25) is 9.84 Å². The van der Waals surface area contributed by atoms with Gasteiger partial charge in [0.15, 0.2) is 0 Å². The van der Waals surface area contributed by atoms with Crippen LogP contribution in [0.2, 0.25) is 0 Å². The zero-order chi connectivity index (χ0) is 36.4. The summed E-state index contributed by atoms with van der Waals surface area (Å²) < 4.78 is 27.2. The van der Waals surface area contributed by atoms with Gasteiger partial charge in [-0.25, -0.2) is 18.4 Å². The molecule has 11 heteroatoms. The first-order chi connectivity index (χ1) is 25.8. The van der Waals surface area contributed by atoms with Crippen LogP contribution in [0.1, 0.15) is 20.7 Å². The molecule has 2 N–H and O–H groups in total. The molecule has 0 atom stereocenters. The Bertz CT molecular complexity index is 2580. The highest BCUT2D eigenvalue weighted by atomic mass is 32.2. The minimum absolute atomic E-state index is 0.0457. The number of hydrogen-bond donors (Lipinski definition) is 2. The van der Waals surface area contributed by atoms with E-state index in [9.17, 15) is 18.0 Å². The van der Waals surface area contributed by atoms with Crippen molar-refractivity contribution in [2.24, 2.45) is 0 Å². The van der Waals surface area contributed by atoms with Crippen LogP contribution in [0.3, 0.4) is 0 Å². The zero-order valence-corrected chi connectivity index (χ0v) is 28.7. The van der Waals surface area contributed by atoms with Crippen molar-refractivity contribution in [1.29, 1.82) is 0 Å². The second-order valence-electron chi connectivity index (χ2n) is 12.0. The molecular formula is C42H28N6O4S. The van der Waals surface area contributed by atoms with E-state index < -0.39 is 9.84 Å². The molecule has 2 amide bonds. The lowest BCUT2D eigenvalue weighted by Gasteiger charge is -2.12. The lowest BCUT2D eigenvalue weighted by Crippen LogP contribution is -2.13. The molecule has 0 fully saturated rings. The summed E-state index contributed by atoms with van der Waals surface area (Å²) in [5.41, 5.74) is 5.33. The lowest BCUT2D eigenvalue weighted by molar-refractivity contribution is 0.102. The lowest BCUT2D eigenvalue weighted by atomic mass is 10.1. The van der Waals surface area contributed by atoms with Crippen LogP contribution in [0, 0.1) is 0 Å². The van der Waals surface area contributed by atoms with E-state index in [1.165, 1.54) is 24.3 Å². The third-order valence-electron chi connectivity index (χ3n) is 8.62. The number of aromatic nitrogens is 4. The van der Waals surface area contributed by atoms with E-state index in [1.807, 2.05) is 84.9 Å². The molecule has 0 bridgehead atoms. The van der Waals surface area contributed by atoms with E-state index in [2.05, 4.69) is 30.6 Å². The molecule has 10 nitrogen and oxygen atoms in total. The molecule has 0 saturated heterocycles. The van der Waals surface area contributed by atoms with Crippen molar-refractivity contribution in [2.75, 3.05) is 10.6 Å². The van der Waals surface area contributed by atoms with Crippen LogP contribution >= 0.6 is 0 Å². The molecule has 0 saturated carbocycles. The largest absolute Gasteiger partial charge is 0.322 e. The summed E-state index contributed by atoms with van der Waals surface area (Å²) in [4.78, 5) is 45.3. The maximum atomic E-state index is 13.6. The SMILES string of the molecule is O=C(Nc1ccc(S(=O)(=O)c2ccc(NC(=O)c3cc(-c4ccccn4)nc4ccccc34)cc2)cc1)c1cc(-c2ccccn2)nc2ccccc12. The van der Waals surface area contributed by atoms with E-state index in [4.69, 9.17) is 0 Å². The number of para-hydroxylation sites is 2. The van der Waals surface area contributed by atoms with Crippen LogP contribution in [0.5, 0.6) is 0 Å². The van der Waals surface area contributed by atoms with Crippen molar-refractivity contribution in [3.05, 3.63) is 169 Å². The molecule has 8 aromatic rings. The molecule has 0 aliphatic rings. The molecule has 256 valence electrons. The Hall–Kier alpha value is -7.11. The molecule has 0 spiro atoms. The predicted molar refractivity (Wildman–Crippen MR) is 204 cm³/mol. The normalized spacial score (nSPS) is 11.3. The number of anilines is 2. The summed E-state index contributed by atoms with van der Waals surface area (Å²) in [5, 5.41) is 7.11. The quantitative estimate of drug-likeness (QED) is 0.160. The number of fused-ring (bicyclic) bond motifs is 2. The summed E-state index contributed by atoms with van der Waals surface area (Å²) in [6.45, 7) is 0. The number of rotatable bonds is 8. The van der Waals surface area contributed by atoms with Crippen LogP contribution in [0.15, 0.2) is 168 Å². The topological polar surface area (TPSA) is 144 Å². The third-order valence-corrected chi connectivity index (χ3v) is 10.4. The number of benzene rings is 4. The van der Waals surface area contributed by atoms with Crippen LogP contribution < -0.4 is 10.6 Å². The fourth-order valence-corrected chi connectivity index (χ4v) is 7.25. The molecule has 4 aromatic carbocycles. The summed E-state index contributed by atoms with van der Waals surface area (Å²) >= 11 is 0. The summed E-state index contributed by atoms with van der Waals surface area (Å²) in [6.07, 6.45) is 3.33. The summed E-state index contributed by atoms with van der Waals surface area (Å²) in [7, 11) is -3.92. The van der Waals surface area contributed by atoms with Gasteiger partial charge in [-0.05, 0) is 97.1 Å². The van der Waals surface area contributed by atoms with Gasteiger partial charge in [0.05, 0.1) is 54.7 Å². The molecule has 4 heterocycles. The Kier molecular flexibility index (Phi) is 8.67. The third kappa shape index (κ3) is 6.72. The molecule has 4 aromatic heterocycles. The zero-order valence-electron chi connectivity index (χ0n) is 27.8. The van der Waals surface area contributed by atoms with Gasteiger partial charge in [-0.3, -0.25) is 19.6 Å². The maximum absolute atomic E-state index is 13.6. The van der Waals surface area contributed by atoms with Gasteiger partial charge < -0.3 is 10.6 Å². The Morgan fingerprint density at radius 3 is 1.25 bits per heavy atom. The second kappa shape index (κ2) is 13.9. The fraction of sp³-hybridized carbons (Fsp3) is 0. The molecule has 0 aliphatic heterocycles. The molecule has 0 unspecified atom stereocenters. The molecule has 53 heavy (non-hydrogen) atoms. The van der Waals surface area contributed by atoms with E-state index in [0.717, 1.165) is 0 Å². The Morgan fingerprint density at radius 1 is 0.453 bits per heavy atom. The minimum Gasteiger partial charge on any atom is -0.322 e. The van der Waals surface area contributed by atoms with Crippen LogP contribution in [0.4, 0.5) is 11.4 Å². The Labute approximate surface area is 304 Å². The average Bonchev–Trinajstić information content (AvgIpc) is 3.21. The standard InChI is InChI=1S/C42H28N6O4S/c49-41(33-25-39(37-13-5-7-23-43-37)47-35-11-3-1-9-31(33)35)45-27-15-19-29(20-16-27)53(51,52)30-21-17-28(18-22-30)46-42(50)34-26-40(38-14-6-8-24-44-38)48-36-12-4-2-10-32(34)36/h1-26H,(H,45,49)(H,46,50). The first-order valence-corrected chi connectivity index (χ1v) is 18.0. The van der Waals surface area contributed by atoms with E-state index in [-0.39, 0.29) is 21.6 Å². The maximum Gasteiger partial charge on any atom is 0.256 e. The number of sulfone groups is 1. The molecule has 0 radical (unpaired) electrons. The van der Waals surface area contributed by atoms with Gasteiger partial charge in [-0.1, -0.05) is 48.5 Å². The molecule has 8 rings (SSSR count). The number of nitrogens with zero attached hydrogens (tertiary/aromatic N) is 4. The van der Waals surface area contributed by atoms with Gasteiger partial charge >= 0.3 is 0 Å². The molecule has 0 aliphatic carbocycles. The number of carbonyl (C=O) groups excluding carboxylic acids is 2. The monoisotopic (exact) mass is 712 g/mol. The van der Waals surface area contributed by atoms with Crippen molar-refractivity contribution >= 4 is 54.8 Å². The Morgan fingerprint density at radius 2 is 0.849 bits per heavy atom. The van der Waals surface area contributed by atoms with Gasteiger partial charge in [0, 0.05) is 34.5 Å². The Balaban J connectivity index is 0.993. The number of nitrogens with one attached hydrogen (secondary N) is 2. The van der Waals surface area contributed by atoms with Gasteiger partial charge in [0.25, 0.3) is 11.8 Å². The smallest absolute Gasteiger partial charge is 0.256 e. The van der Waals surface area contributed by atoms with Crippen LogP contribution in [0.25, 0.3) is 44.6 Å². The number of carbonyl (C=O) groups is 2. The van der Waals surface area contributed by atoms with Crippen molar-refractivity contribution in [2.45, 2.75) is 9.79 Å². The number of amides is 2. The predicted octanol–water partition coefficient (Wildman–Crippen LogP) is 8.24. The van der Waals surface area contributed by atoms with E-state index in [1.54, 1.807) is 48.8 Å². The highest BCUT2D eigenvalue weighted by Crippen LogP contribution is 2.28. The first-order valence-electron chi connectivity index (χ1n) is 16.5. The first kappa shape index (κ1) is 33.1. The van der Waals surface area contributed by atoms with Crippen molar-refractivity contribution in [3.8, 4) is 22.8 Å². The van der Waals surface area contributed by atoms with Gasteiger partial charge in [0.1, 0.15) is 0 Å². The van der Waals surface area contributed by atoms with E-state index in [0.29, 0.717) is 67.1 Å². The van der Waals surface area contributed by atoms with Crippen molar-refractivity contribution in [3.63, 3.8) is 0 Å². The second-order valence-corrected chi connectivity index (χ2v) is 14.0. The average molecular weight is 713 g/mol. The van der Waals surface area contributed by atoms with Crippen molar-refractivity contribution in [1.82, 2.24) is 19.9 Å². The highest BCUT2D eigenvalue weighted by molar-refractivity contribution is 7.91. The summed E-state index contributed by atoms with van der Waals surface area (Å²) in [5.74, 6) is -0.747. The fourth-order valence-electron chi connectivity index (χ4n) is 5.99. The van der Waals surface area contributed by atoms with Crippen LogP contribution in [-0.4, -0.2) is 40.2 Å². The number of pyridine rings is 4. The highest BCUT2D eigenvalue weighted by Gasteiger charge is 2.20. The minimum atomic E-state index is -3.92. The van der Waals surface area contributed by atoms with Gasteiger partial charge in [-0.2, -0.15) is 0 Å². The van der Waals surface area contributed by atoms with Crippen LogP contribution in [-0.2, 0) is 9.84 Å². The molecular weight excluding hydrogens is 685 g/mol. The number of hydrogen-bond acceptors (Lipinski definition) is 8. The van der Waals surface area contributed by atoms with Crippen molar-refractivity contribution < 1.29 is 18.0 Å². The van der Waals surface area contributed by atoms with Gasteiger partial charge in [-0.15, -0.1) is 0 Å². The summed E-state index contributed by atoms with van der Waals surface area (Å²) in [6, 6.07) is 41.0. The van der Waals surface area contributed by atoms with E-state index >= 15 is 0 Å².